The van der Waals surface area contributed by atoms with Crippen LogP contribution in [0.3, 0.4) is 0 Å². The molecule has 1 aliphatic rings. The van der Waals surface area contributed by atoms with Crippen molar-refractivity contribution in [1.82, 2.24) is 4.90 Å². The molecule has 0 saturated carbocycles. The molecule has 1 aliphatic heterocycles. The maximum atomic E-state index is 11.8. The van der Waals surface area contributed by atoms with E-state index < -0.39 is 12.0 Å². The minimum atomic E-state index is -0.953. The molecule has 1 amide bonds. The number of rotatable bonds is 6. The van der Waals surface area contributed by atoms with Gasteiger partial charge in [0.2, 0.25) is 5.91 Å². The molecule has 0 radical (unpaired) electrons. The van der Waals surface area contributed by atoms with Gasteiger partial charge in [-0.1, -0.05) is 31.5 Å². The summed E-state index contributed by atoms with van der Waals surface area (Å²) in [6.07, 6.45) is 2.43. The van der Waals surface area contributed by atoms with Gasteiger partial charge >= 0.3 is 5.97 Å². The molecule has 1 unspecified atom stereocenters. The molecule has 1 heterocycles. The topological polar surface area (TPSA) is 74.7 Å². The number of carbonyl (C=O) groups excluding carboxylic acids is 2. The number of thioether (sulfide) groups is 1. The second-order valence-corrected chi connectivity index (χ2v) is 5.96. The molecule has 0 aromatic carbocycles. The monoisotopic (exact) mass is 273 g/mol. The average molecular weight is 273 g/mol. The minimum absolute atomic E-state index is 0.0323. The molecule has 1 saturated heterocycles. The van der Waals surface area contributed by atoms with Gasteiger partial charge in [-0.3, -0.25) is 9.59 Å². The van der Waals surface area contributed by atoms with Gasteiger partial charge in [-0.25, -0.2) is 4.79 Å². The highest BCUT2D eigenvalue weighted by Gasteiger charge is 2.37. The number of carboxylic acid groups (broad SMARTS) is 1. The molecule has 1 N–H and O–H groups in total. The Labute approximate surface area is 111 Å². The SMILES string of the molecule is CCCC[C@@H](C(=O)O)N1CC(SC(C)=O)CC1=O. The highest BCUT2D eigenvalue weighted by atomic mass is 32.2. The Balaban J connectivity index is 2.65. The van der Waals surface area contributed by atoms with Crippen molar-refractivity contribution in [3.63, 3.8) is 0 Å². The number of carbonyl (C=O) groups is 3. The lowest BCUT2D eigenvalue weighted by Gasteiger charge is -2.24. The van der Waals surface area contributed by atoms with E-state index >= 15 is 0 Å². The van der Waals surface area contributed by atoms with Crippen LogP contribution in [0.4, 0.5) is 0 Å². The van der Waals surface area contributed by atoms with E-state index in [4.69, 9.17) is 0 Å². The third kappa shape index (κ3) is 4.01. The first kappa shape index (κ1) is 15.0. The van der Waals surface area contributed by atoms with Gasteiger partial charge in [0.25, 0.3) is 0 Å². The fraction of sp³-hybridized carbons (Fsp3) is 0.750. The Bertz CT molecular complexity index is 345. The van der Waals surface area contributed by atoms with Crippen LogP contribution in [-0.2, 0) is 14.4 Å². The number of carboxylic acids is 1. The predicted octanol–water partition coefficient (Wildman–Crippen LogP) is 1.51. The van der Waals surface area contributed by atoms with Crippen LogP contribution >= 0.6 is 11.8 Å². The molecule has 18 heavy (non-hydrogen) atoms. The van der Waals surface area contributed by atoms with E-state index in [1.807, 2.05) is 6.92 Å². The molecule has 0 aromatic rings. The van der Waals surface area contributed by atoms with Crippen LogP contribution in [0.5, 0.6) is 0 Å². The minimum Gasteiger partial charge on any atom is -0.480 e. The van der Waals surface area contributed by atoms with Crippen molar-refractivity contribution in [3.05, 3.63) is 0 Å². The Morgan fingerprint density at radius 3 is 2.72 bits per heavy atom. The second kappa shape index (κ2) is 6.78. The lowest BCUT2D eigenvalue weighted by molar-refractivity contribution is -0.148. The highest BCUT2D eigenvalue weighted by molar-refractivity contribution is 8.14. The quantitative estimate of drug-likeness (QED) is 0.794. The Kier molecular flexibility index (Phi) is 5.65. The molecule has 5 nitrogen and oxygen atoms in total. The zero-order valence-electron chi connectivity index (χ0n) is 10.7. The maximum absolute atomic E-state index is 11.8. The Morgan fingerprint density at radius 2 is 2.22 bits per heavy atom. The van der Waals surface area contributed by atoms with Crippen molar-refractivity contribution in [2.24, 2.45) is 0 Å². The van der Waals surface area contributed by atoms with E-state index in [9.17, 15) is 19.5 Å². The van der Waals surface area contributed by atoms with Gasteiger partial charge in [-0.2, -0.15) is 0 Å². The van der Waals surface area contributed by atoms with Gasteiger partial charge in [0, 0.05) is 25.1 Å². The van der Waals surface area contributed by atoms with Crippen LogP contribution < -0.4 is 0 Å². The third-order valence-electron chi connectivity index (χ3n) is 2.95. The van der Waals surface area contributed by atoms with Crippen molar-refractivity contribution >= 4 is 28.8 Å². The molecule has 102 valence electrons. The first-order valence-electron chi connectivity index (χ1n) is 6.15. The standard InChI is InChI=1S/C12H19NO4S/c1-3-4-5-10(12(16)17)13-7-9(6-11(13)15)18-8(2)14/h9-10H,3-7H2,1-2H3,(H,16,17)/t9?,10-/m0/s1. The fourth-order valence-electron chi connectivity index (χ4n) is 2.12. The molecule has 1 fully saturated rings. The van der Waals surface area contributed by atoms with Crippen molar-refractivity contribution < 1.29 is 19.5 Å². The van der Waals surface area contributed by atoms with Crippen LogP contribution in [0.15, 0.2) is 0 Å². The van der Waals surface area contributed by atoms with E-state index in [-0.39, 0.29) is 22.7 Å². The van der Waals surface area contributed by atoms with E-state index in [2.05, 4.69) is 0 Å². The fourth-order valence-corrected chi connectivity index (χ4v) is 3.05. The summed E-state index contributed by atoms with van der Waals surface area (Å²) in [6.45, 7) is 3.81. The van der Waals surface area contributed by atoms with Crippen LogP contribution in [-0.4, -0.2) is 44.8 Å². The molecule has 1 rings (SSSR count). The van der Waals surface area contributed by atoms with Crippen molar-refractivity contribution in [1.29, 1.82) is 0 Å². The molecular weight excluding hydrogens is 254 g/mol. The normalized spacial score (nSPS) is 21.1. The summed E-state index contributed by atoms with van der Waals surface area (Å²) < 4.78 is 0. The van der Waals surface area contributed by atoms with Crippen LogP contribution in [0.25, 0.3) is 0 Å². The van der Waals surface area contributed by atoms with E-state index in [1.54, 1.807) is 0 Å². The summed E-state index contributed by atoms with van der Waals surface area (Å²) in [5, 5.41) is 9.05. The lowest BCUT2D eigenvalue weighted by Crippen LogP contribution is -2.42. The summed E-state index contributed by atoms with van der Waals surface area (Å²) in [5.74, 6) is -1.11. The van der Waals surface area contributed by atoms with Gasteiger partial charge in [-0.15, -0.1) is 0 Å². The number of nitrogens with zero attached hydrogens (tertiary/aromatic N) is 1. The number of amides is 1. The molecule has 6 heteroatoms. The van der Waals surface area contributed by atoms with Gasteiger partial charge in [0.05, 0.1) is 0 Å². The van der Waals surface area contributed by atoms with Crippen molar-refractivity contribution in [2.75, 3.05) is 6.54 Å². The van der Waals surface area contributed by atoms with E-state index in [0.717, 1.165) is 24.6 Å². The average Bonchev–Trinajstić information content (AvgIpc) is 2.59. The summed E-state index contributed by atoms with van der Waals surface area (Å²) in [4.78, 5) is 35.4. The molecule has 0 aromatic heterocycles. The molecule has 2 atom stereocenters. The predicted molar refractivity (Wildman–Crippen MR) is 69.3 cm³/mol. The van der Waals surface area contributed by atoms with Crippen molar-refractivity contribution in [2.45, 2.75) is 50.8 Å². The molecule has 0 spiro atoms. The number of likely N-dealkylation sites (tertiary alicyclic amines) is 1. The van der Waals surface area contributed by atoms with E-state index in [0.29, 0.717) is 13.0 Å². The van der Waals surface area contributed by atoms with Crippen molar-refractivity contribution in [3.8, 4) is 0 Å². The number of unbranched alkanes of at least 4 members (excludes halogenated alkanes) is 1. The first-order valence-corrected chi connectivity index (χ1v) is 7.03. The van der Waals surface area contributed by atoms with Gasteiger partial charge in [0.15, 0.2) is 5.12 Å². The molecule has 0 aliphatic carbocycles. The molecular formula is C12H19NO4S. The zero-order valence-corrected chi connectivity index (χ0v) is 11.5. The molecule has 0 bridgehead atoms. The summed E-state index contributed by atoms with van der Waals surface area (Å²) >= 11 is 1.13. The van der Waals surface area contributed by atoms with Crippen LogP contribution in [0, 0.1) is 0 Å². The zero-order chi connectivity index (χ0) is 13.7. The Hall–Kier alpha value is -1.04. The van der Waals surface area contributed by atoms with Gasteiger partial charge < -0.3 is 10.0 Å². The summed E-state index contributed by atoms with van der Waals surface area (Å²) in [5.41, 5.74) is 0. The van der Waals surface area contributed by atoms with E-state index in [1.165, 1.54) is 11.8 Å². The lowest BCUT2D eigenvalue weighted by atomic mass is 10.1. The highest BCUT2D eigenvalue weighted by Crippen LogP contribution is 2.27. The third-order valence-corrected chi connectivity index (χ3v) is 3.93. The summed E-state index contributed by atoms with van der Waals surface area (Å²) in [7, 11) is 0. The Morgan fingerprint density at radius 1 is 1.56 bits per heavy atom. The van der Waals surface area contributed by atoms with Gasteiger partial charge in [0.1, 0.15) is 6.04 Å². The van der Waals surface area contributed by atoms with Crippen LogP contribution in [0.1, 0.15) is 39.5 Å². The second-order valence-electron chi connectivity index (χ2n) is 4.48. The summed E-state index contributed by atoms with van der Waals surface area (Å²) in [6, 6.07) is -0.741. The number of hydrogen-bond acceptors (Lipinski definition) is 4. The maximum Gasteiger partial charge on any atom is 0.326 e. The number of hydrogen-bond donors (Lipinski definition) is 1. The van der Waals surface area contributed by atoms with Gasteiger partial charge in [-0.05, 0) is 6.42 Å². The smallest absolute Gasteiger partial charge is 0.326 e. The number of aliphatic carboxylic acids is 1. The largest absolute Gasteiger partial charge is 0.480 e. The van der Waals surface area contributed by atoms with Crippen LogP contribution in [0.2, 0.25) is 0 Å². The first-order chi connectivity index (χ1) is 8.45.